The molecule has 3 aromatic rings. The summed E-state index contributed by atoms with van der Waals surface area (Å²) in [5, 5.41) is 3.71. The van der Waals surface area contributed by atoms with E-state index in [0.717, 1.165) is 60.5 Å². The number of hydrogen-bond donors (Lipinski definition) is 1. The average Bonchev–Trinajstić information content (AvgIpc) is 3.30. The molecule has 1 unspecified atom stereocenters. The van der Waals surface area contributed by atoms with Crippen LogP contribution in [0.5, 0.6) is 11.5 Å². The van der Waals surface area contributed by atoms with Crippen molar-refractivity contribution in [3.8, 4) is 11.5 Å². The minimum Gasteiger partial charge on any atom is -0.493 e. The molecule has 188 valence electrons. The highest BCUT2D eigenvalue weighted by Gasteiger charge is 2.26. The third kappa shape index (κ3) is 6.57. The molecule has 0 aliphatic carbocycles. The molecule has 0 radical (unpaired) electrons. The van der Waals surface area contributed by atoms with Crippen molar-refractivity contribution >= 4 is 5.88 Å². The summed E-state index contributed by atoms with van der Waals surface area (Å²) in [5.41, 5.74) is 3.42. The normalized spacial score (nSPS) is 14.8. The Balaban J connectivity index is 1.59. The van der Waals surface area contributed by atoms with Gasteiger partial charge in [-0.25, -0.2) is 4.98 Å². The number of nitrogens with zero attached hydrogens (tertiary/aromatic N) is 2. The molecule has 35 heavy (non-hydrogen) atoms. The maximum absolute atomic E-state index is 6.57. The van der Waals surface area contributed by atoms with E-state index in [4.69, 9.17) is 18.9 Å². The van der Waals surface area contributed by atoms with Crippen LogP contribution in [0.25, 0.3) is 0 Å². The van der Waals surface area contributed by atoms with Crippen molar-refractivity contribution in [2.75, 3.05) is 32.2 Å². The zero-order valence-corrected chi connectivity index (χ0v) is 21.5. The molecule has 6 heteroatoms. The van der Waals surface area contributed by atoms with Gasteiger partial charge >= 0.3 is 0 Å². The van der Waals surface area contributed by atoms with Crippen LogP contribution < -0.4 is 19.7 Å². The Kier molecular flexibility index (Phi) is 8.69. The van der Waals surface area contributed by atoms with Gasteiger partial charge in [0.2, 0.25) is 11.8 Å². The van der Waals surface area contributed by atoms with E-state index in [1.807, 2.05) is 12.1 Å². The number of rotatable bonds is 11. The van der Waals surface area contributed by atoms with Gasteiger partial charge < -0.3 is 24.1 Å². The van der Waals surface area contributed by atoms with Crippen LogP contribution >= 0.6 is 0 Å². The van der Waals surface area contributed by atoms with Crippen LogP contribution in [0.15, 0.2) is 52.9 Å². The van der Waals surface area contributed by atoms with E-state index < -0.39 is 0 Å². The zero-order chi connectivity index (χ0) is 24.6. The van der Waals surface area contributed by atoms with Gasteiger partial charge in [-0.1, -0.05) is 50.2 Å². The summed E-state index contributed by atoms with van der Waals surface area (Å²) in [6, 6.07) is 16.6. The Morgan fingerprint density at radius 3 is 2.37 bits per heavy atom. The van der Waals surface area contributed by atoms with E-state index in [2.05, 4.69) is 60.5 Å². The lowest BCUT2D eigenvalue weighted by molar-refractivity contribution is 0.344. The van der Waals surface area contributed by atoms with Crippen molar-refractivity contribution in [2.45, 2.75) is 58.5 Å². The average molecular weight is 478 g/mol. The highest BCUT2D eigenvalue weighted by molar-refractivity contribution is 5.45. The molecule has 0 bridgehead atoms. The van der Waals surface area contributed by atoms with E-state index in [1.54, 1.807) is 14.2 Å². The fourth-order valence-electron chi connectivity index (χ4n) is 4.73. The predicted octanol–water partition coefficient (Wildman–Crippen LogP) is 6.15. The second-order valence-corrected chi connectivity index (χ2v) is 9.77. The number of methoxy groups -OCH3 is 2. The van der Waals surface area contributed by atoms with Crippen molar-refractivity contribution in [3.05, 3.63) is 71.2 Å². The number of oxazole rings is 1. The van der Waals surface area contributed by atoms with Gasteiger partial charge in [0.1, 0.15) is 5.69 Å². The number of hydrogen-bond acceptors (Lipinski definition) is 6. The molecule has 1 aliphatic rings. The first kappa shape index (κ1) is 25.1. The smallest absolute Gasteiger partial charge is 0.219 e. The maximum Gasteiger partial charge on any atom is 0.219 e. The van der Waals surface area contributed by atoms with Gasteiger partial charge in [-0.2, -0.15) is 0 Å². The lowest BCUT2D eigenvalue weighted by Crippen LogP contribution is -2.29. The van der Waals surface area contributed by atoms with E-state index in [1.165, 1.54) is 24.8 Å². The lowest BCUT2D eigenvalue weighted by Gasteiger charge is -2.27. The highest BCUT2D eigenvalue weighted by Crippen LogP contribution is 2.32. The van der Waals surface area contributed by atoms with E-state index in [-0.39, 0.29) is 6.04 Å². The molecule has 6 nitrogen and oxygen atoms in total. The van der Waals surface area contributed by atoms with Crippen molar-refractivity contribution in [2.24, 2.45) is 5.92 Å². The van der Waals surface area contributed by atoms with Crippen LogP contribution in [0.3, 0.4) is 0 Å². The van der Waals surface area contributed by atoms with Gasteiger partial charge in [0.15, 0.2) is 11.5 Å². The molecule has 1 aromatic heterocycles. The third-order valence-electron chi connectivity index (χ3n) is 6.56. The SMILES string of the molecule is COc1ccc(CNC(CC(C)C)c2nc(Cc3ccccc3)c(N3CCCCC3)o2)cc1OC. The second kappa shape index (κ2) is 12.1. The molecular formula is C29H39N3O3. The monoisotopic (exact) mass is 477 g/mol. The quantitative estimate of drug-likeness (QED) is 0.357. The summed E-state index contributed by atoms with van der Waals surface area (Å²) < 4.78 is 17.4. The van der Waals surface area contributed by atoms with Crippen LogP contribution in [-0.4, -0.2) is 32.3 Å². The molecule has 0 spiro atoms. The lowest BCUT2D eigenvalue weighted by atomic mass is 10.0. The Labute approximate surface area is 209 Å². The number of piperidine rings is 1. The minimum atomic E-state index is 0.0242. The molecule has 1 fully saturated rings. The van der Waals surface area contributed by atoms with E-state index in [0.29, 0.717) is 12.5 Å². The number of anilines is 1. The van der Waals surface area contributed by atoms with Gasteiger partial charge in [-0.05, 0) is 54.9 Å². The number of nitrogens with one attached hydrogen (secondary N) is 1. The Morgan fingerprint density at radius 2 is 1.69 bits per heavy atom. The van der Waals surface area contributed by atoms with Gasteiger partial charge in [-0.3, -0.25) is 0 Å². The number of benzene rings is 2. The van der Waals surface area contributed by atoms with E-state index in [9.17, 15) is 0 Å². The predicted molar refractivity (Wildman–Crippen MR) is 140 cm³/mol. The van der Waals surface area contributed by atoms with Crippen molar-refractivity contribution < 1.29 is 13.9 Å². The van der Waals surface area contributed by atoms with Crippen LogP contribution in [0.2, 0.25) is 0 Å². The first-order valence-electron chi connectivity index (χ1n) is 12.8. The minimum absolute atomic E-state index is 0.0242. The molecule has 1 saturated heterocycles. The maximum atomic E-state index is 6.57. The Morgan fingerprint density at radius 1 is 0.943 bits per heavy atom. The van der Waals surface area contributed by atoms with Crippen LogP contribution in [0.1, 0.15) is 68.3 Å². The first-order valence-corrected chi connectivity index (χ1v) is 12.8. The second-order valence-electron chi connectivity index (χ2n) is 9.77. The topological polar surface area (TPSA) is 59.8 Å². The standard InChI is InChI=1S/C29H39N3O3/c1-21(2)17-24(30-20-23-13-14-26(33-3)27(19-23)34-4)28-31-25(18-22-11-7-5-8-12-22)29(35-28)32-15-9-6-10-16-32/h5,7-8,11-14,19,21,24,30H,6,9-10,15-18,20H2,1-4H3. The van der Waals surface area contributed by atoms with Crippen molar-refractivity contribution in [3.63, 3.8) is 0 Å². The summed E-state index contributed by atoms with van der Waals surface area (Å²) in [4.78, 5) is 7.48. The molecule has 2 heterocycles. The Hall–Kier alpha value is -2.99. The summed E-state index contributed by atoms with van der Waals surface area (Å²) in [7, 11) is 3.32. The van der Waals surface area contributed by atoms with E-state index >= 15 is 0 Å². The molecule has 0 amide bonds. The van der Waals surface area contributed by atoms with Crippen LogP contribution in [0, 0.1) is 5.92 Å². The molecule has 0 saturated carbocycles. The summed E-state index contributed by atoms with van der Waals surface area (Å²) in [6.45, 7) is 7.23. The molecular weight excluding hydrogens is 438 g/mol. The Bertz CT molecular complexity index is 1060. The summed E-state index contributed by atoms with van der Waals surface area (Å²) in [5.74, 6) is 3.71. The molecule has 1 N–H and O–H groups in total. The summed E-state index contributed by atoms with van der Waals surface area (Å²) >= 11 is 0. The van der Waals surface area contributed by atoms with Crippen molar-refractivity contribution in [1.82, 2.24) is 10.3 Å². The highest BCUT2D eigenvalue weighted by atomic mass is 16.5. The molecule has 4 rings (SSSR count). The number of aromatic nitrogens is 1. The van der Waals surface area contributed by atoms with Gasteiger partial charge in [0.25, 0.3) is 0 Å². The molecule has 2 aromatic carbocycles. The first-order chi connectivity index (χ1) is 17.1. The fourth-order valence-corrected chi connectivity index (χ4v) is 4.73. The molecule has 1 aliphatic heterocycles. The van der Waals surface area contributed by atoms with Crippen LogP contribution in [-0.2, 0) is 13.0 Å². The van der Waals surface area contributed by atoms with Gasteiger partial charge in [-0.15, -0.1) is 0 Å². The van der Waals surface area contributed by atoms with Gasteiger partial charge in [0.05, 0.1) is 20.3 Å². The third-order valence-corrected chi connectivity index (χ3v) is 6.56. The largest absolute Gasteiger partial charge is 0.493 e. The summed E-state index contributed by atoms with van der Waals surface area (Å²) in [6.07, 6.45) is 5.41. The van der Waals surface area contributed by atoms with Crippen LogP contribution in [0.4, 0.5) is 5.88 Å². The van der Waals surface area contributed by atoms with Crippen molar-refractivity contribution in [1.29, 1.82) is 0 Å². The molecule has 1 atom stereocenters. The van der Waals surface area contributed by atoms with Gasteiger partial charge in [0, 0.05) is 26.1 Å². The zero-order valence-electron chi connectivity index (χ0n) is 21.5. The fraction of sp³-hybridized carbons (Fsp3) is 0.483. The number of ether oxygens (including phenoxy) is 2.